The number of halogens is 3. The molecule has 2 atom stereocenters. The van der Waals surface area contributed by atoms with E-state index in [0.717, 1.165) is 25.7 Å². The van der Waals surface area contributed by atoms with Crippen LogP contribution in [0.1, 0.15) is 47.2 Å². The Hall–Kier alpha value is -3.63. The molecule has 3 aromatic carbocycles. The first-order valence-electron chi connectivity index (χ1n) is 11.7. The fraction of sp³-hybridized carbons (Fsp3) is 0.286. The van der Waals surface area contributed by atoms with Crippen molar-refractivity contribution in [2.75, 3.05) is 0 Å². The largest absolute Gasteiger partial charge is 0.333 e. The highest BCUT2D eigenvalue weighted by Crippen LogP contribution is 2.39. The third-order valence-corrected chi connectivity index (χ3v) is 7.24. The maximum atomic E-state index is 15.0. The Labute approximate surface area is 201 Å². The van der Waals surface area contributed by atoms with Crippen LogP contribution < -0.4 is 5.73 Å². The number of amides is 1. The van der Waals surface area contributed by atoms with Crippen molar-refractivity contribution in [1.82, 2.24) is 4.90 Å². The summed E-state index contributed by atoms with van der Waals surface area (Å²) in [4.78, 5) is 15.5. The minimum absolute atomic E-state index is 0.0101. The van der Waals surface area contributed by atoms with Gasteiger partial charge in [0.05, 0.1) is 5.56 Å². The molecule has 2 N–H and O–H groups in total. The van der Waals surface area contributed by atoms with Crippen LogP contribution in [0.4, 0.5) is 13.2 Å². The van der Waals surface area contributed by atoms with Crippen LogP contribution in [0.3, 0.4) is 0 Å². The normalized spacial score (nSPS) is 21.1. The molecule has 5 rings (SSSR count). The van der Waals surface area contributed by atoms with Gasteiger partial charge in [0.1, 0.15) is 11.9 Å². The lowest BCUT2D eigenvalue weighted by Crippen LogP contribution is -2.50. The number of rotatable bonds is 3. The van der Waals surface area contributed by atoms with Crippen LogP contribution >= 0.6 is 0 Å². The molecular formula is C28H24F3N3O. The van der Waals surface area contributed by atoms with E-state index >= 15 is 0 Å². The molecule has 4 nitrogen and oxygen atoms in total. The molecule has 35 heavy (non-hydrogen) atoms. The van der Waals surface area contributed by atoms with Crippen LogP contribution in [0.25, 0.3) is 22.3 Å². The van der Waals surface area contributed by atoms with Crippen LogP contribution in [0.15, 0.2) is 48.5 Å². The smallest absolute Gasteiger partial charge is 0.254 e. The van der Waals surface area contributed by atoms with Gasteiger partial charge in [-0.05, 0) is 79.1 Å². The van der Waals surface area contributed by atoms with Gasteiger partial charge >= 0.3 is 0 Å². The van der Waals surface area contributed by atoms with Crippen molar-refractivity contribution in [2.24, 2.45) is 5.73 Å². The molecule has 3 aromatic rings. The minimum atomic E-state index is -1.01. The summed E-state index contributed by atoms with van der Waals surface area (Å²) in [7, 11) is 0. The summed E-state index contributed by atoms with van der Waals surface area (Å²) >= 11 is 0. The Morgan fingerprint density at radius 1 is 0.943 bits per heavy atom. The van der Waals surface area contributed by atoms with E-state index in [9.17, 15) is 18.0 Å². The molecule has 2 aliphatic rings. The Balaban J connectivity index is 1.64. The number of piperidine rings is 1. The first-order chi connectivity index (χ1) is 16.8. The molecule has 0 saturated carbocycles. The molecule has 1 amide bonds. The number of carbonyl (C=O) groups is 1. The van der Waals surface area contributed by atoms with Crippen molar-refractivity contribution >= 4 is 5.91 Å². The molecule has 0 spiro atoms. The van der Waals surface area contributed by atoms with Gasteiger partial charge < -0.3 is 10.6 Å². The van der Waals surface area contributed by atoms with E-state index < -0.39 is 17.5 Å². The van der Waals surface area contributed by atoms with E-state index in [1.807, 2.05) is 4.90 Å². The lowest BCUT2D eigenvalue weighted by Gasteiger charge is -2.38. The van der Waals surface area contributed by atoms with Gasteiger partial charge in [0.25, 0.3) is 5.91 Å². The van der Waals surface area contributed by atoms with Crippen molar-refractivity contribution in [3.8, 4) is 28.3 Å². The van der Waals surface area contributed by atoms with Crippen molar-refractivity contribution in [2.45, 2.75) is 50.7 Å². The zero-order valence-electron chi connectivity index (χ0n) is 19.2. The first-order valence-corrected chi connectivity index (χ1v) is 11.7. The van der Waals surface area contributed by atoms with Crippen molar-refractivity contribution in [1.29, 1.82) is 5.26 Å². The molecular weight excluding hydrogens is 451 g/mol. The molecule has 2 unspecified atom stereocenters. The predicted octanol–water partition coefficient (Wildman–Crippen LogP) is 5.71. The van der Waals surface area contributed by atoms with Gasteiger partial charge in [-0.15, -0.1) is 0 Å². The van der Waals surface area contributed by atoms with Crippen molar-refractivity contribution in [3.63, 3.8) is 0 Å². The lowest BCUT2D eigenvalue weighted by atomic mass is 9.90. The molecule has 2 bridgehead atoms. The summed E-state index contributed by atoms with van der Waals surface area (Å²) in [5, 5.41) is 9.10. The highest BCUT2D eigenvalue weighted by Gasteiger charge is 2.42. The number of aryl methyl sites for hydroxylation is 1. The number of benzene rings is 3. The Morgan fingerprint density at radius 3 is 2.29 bits per heavy atom. The van der Waals surface area contributed by atoms with Crippen LogP contribution in [0.5, 0.6) is 0 Å². The summed E-state index contributed by atoms with van der Waals surface area (Å²) in [6, 6.07) is 13.8. The van der Waals surface area contributed by atoms with Gasteiger partial charge in [-0.1, -0.05) is 24.3 Å². The zero-order chi connectivity index (χ0) is 24.9. The molecule has 0 aromatic heterocycles. The SMILES string of the molecule is Cc1ccc(-c2ccc(C(=O)N3C4CCC3CC(N)C4)cc2-c2ccc(C#N)c(F)c2)c(F)c1F. The maximum Gasteiger partial charge on any atom is 0.254 e. The predicted molar refractivity (Wildman–Crippen MR) is 127 cm³/mol. The number of hydrogen-bond acceptors (Lipinski definition) is 3. The third-order valence-electron chi connectivity index (χ3n) is 7.24. The number of fused-ring (bicyclic) bond motifs is 2. The topological polar surface area (TPSA) is 70.1 Å². The maximum absolute atomic E-state index is 15.0. The van der Waals surface area contributed by atoms with Gasteiger partial charge in [-0.25, -0.2) is 13.2 Å². The second-order valence-electron chi connectivity index (χ2n) is 9.45. The van der Waals surface area contributed by atoms with E-state index in [0.29, 0.717) is 22.3 Å². The van der Waals surface area contributed by atoms with Gasteiger partial charge in [0.2, 0.25) is 0 Å². The van der Waals surface area contributed by atoms with Gasteiger partial charge in [0, 0.05) is 29.3 Å². The fourth-order valence-corrected chi connectivity index (χ4v) is 5.48. The molecule has 2 fully saturated rings. The molecule has 2 heterocycles. The van der Waals surface area contributed by atoms with E-state index in [2.05, 4.69) is 0 Å². The highest BCUT2D eigenvalue weighted by atomic mass is 19.2. The fourth-order valence-electron chi connectivity index (χ4n) is 5.48. The highest BCUT2D eigenvalue weighted by molar-refractivity contribution is 5.98. The van der Waals surface area contributed by atoms with E-state index in [1.165, 1.54) is 31.2 Å². The number of nitrogens with two attached hydrogens (primary N) is 1. The van der Waals surface area contributed by atoms with Crippen LogP contribution in [0, 0.1) is 35.7 Å². The number of carbonyl (C=O) groups excluding carboxylic acids is 1. The van der Waals surface area contributed by atoms with Crippen LogP contribution in [-0.4, -0.2) is 28.9 Å². The van der Waals surface area contributed by atoms with Crippen LogP contribution in [-0.2, 0) is 0 Å². The summed E-state index contributed by atoms with van der Waals surface area (Å²) < 4.78 is 43.9. The Kier molecular flexibility index (Phi) is 5.86. The van der Waals surface area contributed by atoms with E-state index in [1.54, 1.807) is 30.3 Å². The summed E-state index contributed by atoms with van der Waals surface area (Å²) in [5.41, 5.74) is 7.65. The molecule has 2 aliphatic heterocycles. The Bertz CT molecular complexity index is 1370. The van der Waals surface area contributed by atoms with Gasteiger partial charge in [-0.2, -0.15) is 5.26 Å². The molecule has 0 aliphatic carbocycles. The second kappa shape index (κ2) is 8.86. The summed E-state index contributed by atoms with van der Waals surface area (Å²) in [6.07, 6.45) is 3.32. The number of nitriles is 1. The monoisotopic (exact) mass is 475 g/mol. The first kappa shape index (κ1) is 23.1. The number of hydrogen-bond donors (Lipinski definition) is 1. The van der Waals surface area contributed by atoms with Gasteiger partial charge in [0.15, 0.2) is 11.6 Å². The Morgan fingerprint density at radius 2 is 1.63 bits per heavy atom. The minimum Gasteiger partial charge on any atom is -0.333 e. The summed E-state index contributed by atoms with van der Waals surface area (Å²) in [5.74, 6) is -2.85. The molecule has 178 valence electrons. The number of nitrogens with zero attached hydrogens (tertiary/aromatic N) is 2. The average molecular weight is 476 g/mol. The molecule has 0 radical (unpaired) electrons. The lowest BCUT2D eigenvalue weighted by molar-refractivity contribution is 0.0575. The van der Waals surface area contributed by atoms with E-state index in [-0.39, 0.29) is 40.7 Å². The van der Waals surface area contributed by atoms with Crippen LogP contribution in [0.2, 0.25) is 0 Å². The third kappa shape index (κ3) is 3.98. The summed E-state index contributed by atoms with van der Waals surface area (Å²) in [6.45, 7) is 1.47. The zero-order valence-corrected chi connectivity index (χ0v) is 19.2. The second-order valence-corrected chi connectivity index (χ2v) is 9.45. The van der Waals surface area contributed by atoms with Gasteiger partial charge in [-0.3, -0.25) is 4.79 Å². The quantitative estimate of drug-likeness (QED) is 0.527. The van der Waals surface area contributed by atoms with Crippen molar-refractivity contribution < 1.29 is 18.0 Å². The molecule has 7 heteroatoms. The average Bonchev–Trinajstić information content (AvgIpc) is 3.12. The standard InChI is InChI=1S/C28H24F3N3O/c1-15-2-8-23(27(31)26(15)30)22-9-5-17(10-24(22)16-3-4-18(14-32)25(29)11-16)28(35)34-20-6-7-21(34)13-19(33)12-20/h2-5,8-11,19-21H,6-7,12-13,33H2,1H3. The van der Waals surface area contributed by atoms with E-state index in [4.69, 9.17) is 11.0 Å². The molecule has 2 saturated heterocycles. The van der Waals surface area contributed by atoms with Crippen molar-refractivity contribution in [3.05, 3.63) is 82.7 Å².